The predicted octanol–water partition coefficient (Wildman–Crippen LogP) is 3.79. The van der Waals surface area contributed by atoms with Gasteiger partial charge in [-0.15, -0.1) is 0 Å². The van der Waals surface area contributed by atoms with E-state index in [1.165, 1.54) is 18.3 Å². The van der Waals surface area contributed by atoms with Gasteiger partial charge in [0.1, 0.15) is 5.82 Å². The van der Waals surface area contributed by atoms with Crippen molar-refractivity contribution in [2.24, 2.45) is 5.92 Å². The zero-order valence-electron chi connectivity index (χ0n) is 15.9. The van der Waals surface area contributed by atoms with E-state index in [-0.39, 0.29) is 17.4 Å². The molecule has 2 aromatic carbocycles. The summed E-state index contributed by atoms with van der Waals surface area (Å²) in [5.74, 6) is -0.458. The third kappa shape index (κ3) is 4.03. The number of halogens is 1. The Labute approximate surface area is 168 Å². The lowest BCUT2D eigenvalue weighted by Crippen LogP contribution is -2.30. The van der Waals surface area contributed by atoms with Crippen molar-refractivity contribution in [3.63, 3.8) is 0 Å². The van der Waals surface area contributed by atoms with E-state index in [2.05, 4.69) is 15.5 Å². The van der Waals surface area contributed by atoms with Crippen LogP contribution in [-0.4, -0.2) is 46.9 Å². The number of aromatic amines is 1. The summed E-state index contributed by atoms with van der Waals surface area (Å²) < 4.78 is 13.9. The van der Waals surface area contributed by atoms with Crippen LogP contribution in [0.2, 0.25) is 0 Å². The van der Waals surface area contributed by atoms with Gasteiger partial charge in [-0.3, -0.25) is 9.89 Å². The van der Waals surface area contributed by atoms with Gasteiger partial charge in [0.15, 0.2) is 0 Å². The molecule has 1 fully saturated rings. The van der Waals surface area contributed by atoms with Crippen LogP contribution in [0, 0.1) is 17.1 Å². The number of nitrogens with zero attached hydrogens (tertiary/aromatic N) is 2. The second-order valence-corrected chi connectivity index (χ2v) is 7.20. The van der Waals surface area contributed by atoms with Gasteiger partial charge in [0.05, 0.1) is 11.8 Å². The molecule has 1 aliphatic heterocycles. The van der Waals surface area contributed by atoms with Crippen LogP contribution in [0.15, 0.2) is 54.9 Å². The number of nitrogens with one attached hydrogen (secondary N) is 3. The smallest absolute Gasteiger partial charge is 0.256 e. The Morgan fingerprint density at radius 3 is 2.93 bits per heavy atom. The van der Waals surface area contributed by atoms with E-state index in [4.69, 9.17) is 5.41 Å². The molecule has 148 valence electrons. The summed E-state index contributed by atoms with van der Waals surface area (Å²) in [6, 6.07) is 12.0. The van der Waals surface area contributed by atoms with Gasteiger partial charge in [0.25, 0.3) is 5.91 Å². The van der Waals surface area contributed by atoms with Crippen molar-refractivity contribution in [3.8, 4) is 11.1 Å². The zero-order valence-corrected chi connectivity index (χ0v) is 15.9. The van der Waals surface area contributed by atoms with Crippen molar-refractivity contribution in [2.75, 3.05) is 25.0 Å². The Kier molecular flexibility index (Phi) is 5.37. The standard InChI is InChI=1S/C22H22FN5O/c23-20-4-2-1-3-19(20)22(29)28-8-7-15(14-28)11-25-21-6-5-16(9-17(21)10-24)18-12-26-27-13-18/h1-6,9-10,12-13,15,24-25H,7-8,11,14H2,(H,26,27). The van der Waals surface area contributed by atoms with Gasteiger partial charge in [0, 0.05) is 48.9 Å². The summed E-state index contributed by atoms with van der Waals surface area (Å²) in [6.07, 6.45) is 5.75. The quantitative estimate of drug-likeness (QED) is 0.559. The Morgan fingerprint density at radius 1 is 1.31 bits per heavy atom. The van der Waals surface area contributed by atoms with Crippen molar-refractivity contribution in [1.82, 2.24) is 15.1 Å². The molecular weight excluding hydrogens is 369 g/mol. The Morgan fingerprint density at radius 2 is 2.17 bits per heavy atom. The third-order valence-corrected chi connectivity index (χ3v) is 5.30. The number of hydrogen-bond acceptors (Lipinski definition) is 4. The van der Waals surface area contributed by atoms with Crippen LogP contribution in [-0.2, 0) is 0 Å². The summed E-state index contributed by atoms with van der Waals surface area (Å²) in [5.41, 5.74) is 3.76. The van der Waals surface area contributed by atoms with E-state index >= 15 is 0 Å². The van der Waals surface area contributed by atoms with Crippen molar-refractivity contribution in [3.05, 3.63) is 71.8 Å². The molecule has 29 heavy (non-hydrogen) atoms. The highest BCUT2D eigenvalue weighted by Gasteiger charge is 2.28. The van der Waals surface area contributed by atoms with Crippen LogP contribution in [0.4, 0.5) is 10.1 Å². The SMILES string of the molecule is N=Cc1cc(-c2cn[nH]c2)ccc1NCC1CCN(C(=O)c2ccccc2F)C1. The molecule has 0 aliphatic carbocycles. The van der Waals surface area contributed by atoms with E-state index in [0.717, 1.165) is 28.8 Å². The molecule has 0 spiro atoms. The number of anilines is 1. The largest absolute Gasteiger partial charge is 0.384 e. The van der Waals surface area contributed by atoms with Gasteiger partial charge in [-0.25, -0.2) is 4.39 Å². The second kappa shape index (κ2) is 8.26. The lowest BCUT2D eigenvalue weighted by Gasteiger charge is -2.18. The second-order valence-electron chi connectivity index (χ2n) is 7.20. The molecule has 1 aliphatic rings. The maximum absolute atomic E-state index is 13.9. The summed E-state index contributed by atoms with van der Waals surface area (Å²) in [4.78, 5) is 14.3. The number of rotatable bonds is 6. The molecule has 4 rings (SSSR count). The first-order valence-electron chi connectivity index (χ1n) is 9.57. The fourth-order valence-electron chi connectivity index (χ4n) is 3.67. The van der Waals surface area contributed by atoms with Crippen molar-refractivity contribution in [1.29, 1.82) is 5.41 Å². The van der Waals surface area contributed by atoms with Gasteiger partial charge in [-0.1, -0.05) is 18.2 Å². The first-order chi connectivity index (χ1) is 14.2. The molecular formula is C22H22FN5O. The molecule has 0 bridgehead atoms. The van der Waals surface area contributed by atoms with Gasteiger partial charge in [-0.2, -0.15) is 5.10 Å². The van der Waals surface area contributed by atoms with Gasteiger partial charge in [-0.05, 0) is 42.2 Å². The van der Waals surface area contributed by atoms with Gasteiger partial charge < -0.3 is 15.6 Å². The highest BCUT2D eigenvalue weighted by molar-refractivity contribution is 5.94. The minimum atomic E-state index is -0.479. The first-order valence-corrected chi connectivity index (χ1v) is 9.57. The van der Waals surface area contributed by atoms with Crippen LogP contribution in [0.1, 0.15) is 22.3 Å². The number of benzene rings is 2. The van der Waals surface area contributed by atoms with E-state index in [9.17, 15) is 9.18 Å². The maximum Gasteiger partial charge on any atom is 0.256 e. The first kappa shape index (κ1) is 18.9. The minimum absolute atomic E-state index is 0.127. The highest BCUT2D eigenvalue weighted by Crippen LogP contribution is 2.25. The Bertz CT molecular complexity index is 1020. The van der Waals surface area contributed by atoms with Crippen LogP contribution in [0.3, 0.4) is 0 Å². The molecule has 7 heteroatoms. The normalized spacial score (nSPS) is 16.0. The number of aromatic nitrogens is 2. The molecule has 6 nitrogen and oxygen atoms in total. The Balaban J connectivity index is 1.38. The monoisotopic (exact) mass is 391 g/mol. The molecule has 1 amide bonds. The average Bonchev–Trinajstić information content (AvgIpc) is 3.44. The molecule has 3 aromatic rings. The molecule has 0 saturated carbocycles. The fraction of sp³-hybridized carbons (Fsp3) is 0.227. The number of likely N-dealkylation sites (tertiary alicyclic amines) is 1. The molecule has 1 unspecified atom stereocenters. The van der Waals surface area contributed by atoms with E-state index < -0.39 is 5.82 Å². The van der Waals surface area contributed by atoms with Gasteiger partial charge >= 0.3 is 0 Å². The minimum Gasteiger partial charge on any atom is -0.384 e. The summed E-state index contributed by atoms with van der Waals surface area (Å²) in [5, 5.41) is 17.9. The van der Waals surface area contributed by atoms with Crippen molar-refractivity contribution < 1.29 is 9.18 Å². The molecule has 1 aromatic heterocycles. The molecule has 3 N–H and O–H groups in total. The lowest BCUT2D eigenvalue weighted by molar-refractivity contribution is 0.0783. The predicted molar refractivity (Wildman–Crippen MR) is 111 cm³/mol. The highest BCUT2D eigenvalue weighted by atomic mass is 19.1. The number of carbonyl (C=O) groups is 1. The van der Waals surface area contributed by atoms with Crippen LogP contribution < -0.4 is 5.32 Å². The van der Waals surface area contributed by atoms with E-state index in [0.29, 0.717) is 19.6 Å². The van der Waals surface area contributed by atoms with Crippen LogP contribution >= 0.6 is 0 Å². The maximum atomic E-state index is 13.9. The van der Waals surface area contributed by atoms with Crippen molar-refractivity contribution >= 4 is 17.8 Å². The average molecular weight is 391 g/mol. The number of hydrogen-bond donors (Lipinski definition) is 3. The van der Waals surface area contributed by atoms with E-state index in [1.807, 2.05) is 24.4 Å². The summed E-state index contributed by atoms with van der Waals surface area (Å²) >= 11 is 0. The molecule has 1 atom stereocenters. The number of H-pyrrole nitrogens is 1. The number of amides is 1. The van der Waals surface area contributed by atoms with Gasteiger partial charge in [0.2, 0.25) is 0 Å². The fourth-order valence-corrected chi connectivity index (χ4v) is 3.67. The number of carbonyl (C=O) groups excluding carboxylic acids is 1. The topological polar surface area (TPSA) is 84.9 Å². The summed E-state index contributed by atoms with van der Waals surface area (Å²) in [7, 11) is 0. The van der Waals surface area contributed by atoms with Crippen LogP contribution in [0.5, 0.6) is 0 Å². The molecule has 1 saturated heterocycles. The lowest BCUT2D eigenvalue weighted by atomic mass is 10.0. The zero-order chi connectivity index (χ0) is 20.2. The van der Waals surface area contributed by atoms with Crippen LogP contribution in [0.25, 0.3) is 11.1 Å². The Hall–Kier alpha value is -3.48. The molecule has 0 radical (unpaired) electrons. The van der Waals surface area contributed by atoms with Crippen molar-refractivity contribution in [2.45, 2.75) is 6.42 Å². The molecule has 2 heterocycles. The third-order valence-electron chi connectivity index (χ3n) is 5.30. The van der Waals surface area contributed by atoms with E-state index in [1.54, 1.807) is 23.2 Å². The summed E-state index contributed by atoms with van der Waals surface area (Å²) in [6.45, 7) is 1.90.